The molecule has 82 valence electrons. The lowest BCUT2D eigenvalue weighted by Crippen LogP contribution is -1.64. The normalized spacial score (nSPS) is 12.5. The zero-order valence-electron chi connectivity index (χ0n) is 9.40. The van der Waals surface area contributed by atoms with Gasteiger partial charge in [-0.3, -0.25) is 0 Å². The van der Waals surface area contributed by atoms with Gasteiger partial charge >= 0.3 is 0 Å². The van der Waals surface area contributed by atoms with Crippen molar-refractivity contribution in [2.24, 2.45) is 0 Å². The smallest absolute Gasteiger partial charge is 0.0114 e. The van der Waals surface area contributed by atoms with E-state index in [1.807, 2.05) is 12.2 Å². The van der Waals surface area contributed by atoms with Gasteiger partial charge in [-0.25, -0.2) is 0 Å². The number of allylic oxidation sites excluding steroid dienone is 7. The van der Waals surface area contributed by atoms with Crippen molar-refractivity contribution in [2.45, 2.75) is 20.3 Å². The van der Waals surface area contributed by atoms with Crippen molar-refractivity contribution in [3.8, 4) is 0 Å². The van der Waals surface area contributed by atoms with Crippen molar-refractivity contribution in [3.63, 3.8) is 0 Å². The van der Waals surface area contributed by atoms with Gasteiger partial charge in [-0.05, 0) is 24.3 Å². The first-order chi connectivity index (χ1) is 7.20. The lowest BCUT2D eigenvalue weighted by Gasteiger charge is -1.98. The van der Waals surface area contributed by atoms with E-state index in [1.165, 1.54) is 4.91 Å². The van der Waals surface area contributed by atoms with E-state index in [2.05, 4.69) is 45.2 Å². The molecule has 0 spiro atoms. The number of hydrogen-bond donors (Lipinski definition) is 0. The van der Waals surface area contributed by atoms with Gasteiger partial charge in [-0.15, -0.1) is 0 Å². The standard InChI is InChI=1S/C13H18S2/c1-5-7-9-11-13(4)15-14-12(3)10-8-6-2/h6-11H,2-3,5H2,1,4H3/b9-7-,10-8-,13-11+. The minimum absolute atomic E-state index is 1.03. The van der Waals surface area contributed by atoms with Crippen molar-refractivity contribution < 1.29 is 0 Å². The fourth-order valence-corrected chi connectivity index (χ4v) is 2.25. The van der Waals surface area contributed by atoms with E-state index in [1.54, 1.807) is 27.7 Å². The lowest BCUT2D eigenvalue weighted by atomic mass is 10.4. The van der Waals surface area contributed by atoms with Crippen molar-refractivity contribution in [1.29, 1.82) is 0 Å². The molecule has 0 rings (SSSR count). The van der Waals surface area contributed by atoms with E-state index < -0.39 is 0 Å². The summed E-state index contributed by atoms with van der Waals surface area (Å²) in [6.07, 6.45) is 13.0. The molecule has 15 heavy (non-hydrogen) atoms. The summed E-state index contributed by atoms with van der Waals surface area (Å²) >= 11 is 0. The maximum absolute atomic E-state index is 3.92. The van der Waals surface area contributed by atoms with E-state index in [0.717, 1.165) is 11.3 Å². The molecule has 0 aromatic rings. The zero-order chi connectivity index (χ0) is 11.5. The molecular formula is C13H18S2. The van der Waals surface area contributed by atoms with Crippen LogP contribution in [0.2, 0.25) is 0 Å². The molecular weight excluding hydrogens is 220 g/mol. The molecule has 0 aliphatic rings. The van der Waals surface area contributed by atoms with Gasteiger partial charge in [0, 0.05) is 4.91 Å². The molecule has 0 saturated heterocycles. The summed E-state index contributed by atoms with van der Waals surface area (Å²) in [5, 5.41) is 0. The Bertz CT molecular complexity index is 283. The molecule has 0 aromatic heterocycles. The maximum atomic E-state index is 3.92. The van der Waals surface area contributed by atoms with Crippen LogP contribution >= 0.6 is 21.6 Å². The molecule has 0 aliphatic carbocycles. The highest BCUT2D eigenvalue weighted by Crippen LogP contribution is 2.35. The Hall–Kier alpha value is -0.600. The molecule has 0 radical (unpaired) electrons. The van der Waals surface area contributed by atoms with Gasteiger partial charge in [0.1, 0.15) is 0 Å². The minimum Gasteiger partial charge on any atom is -0.0991 e. The number of hydrogen-bond acceptors (Lipinski definition) is 2. The van der Waals surface area contributed by atoms with Crippen LogP contribution in [0.1, 0.15) is 20.3 Å². The van der Waals surface area contributed by atoms with E-state index in [9.17, 15) is 0 Å². The van der Waals surface area contributed by atoms with Gasteiger partial charge in [0.05, 0.1) is 0 Å². The van der Waals surface area contributed by atoms with Crippen molar-refractivity contribution >= 4 is 21.6 Å². The summed E-state index contributed by atoms with van der Waals surface area (Å²) in [6, 6.07) is 0. The van der Waals surface area contributed by atoms with E-state index in [0.29, 0.717) is 0 Å². The topological polar surface area (TPSA) is 0 Å². The van der Waals surface area contributed by atoms with Crippen LogP contribution in [0.15, 0.2) is 59.4 Å². The molecule has 0 aromatic carbocycles. The largest absolute Gasteiger partial charge is 0.0991 e. The van der Waals surface area contributed by atoms with E-state index in [-0.39, 0.29) is 0 Å². The van der Waals surface area contributed by atoms with Crippen LogP contribution in [-0.4, -0.2) is 0 Å². The van der Waals surface area contributed by atoms with Crippen LogP contribution in [-0.2, 0) is 0 Å². The monoisotopic (exact) mass is 238 g/mol. The molecule has 0 atom stereocenters. The van der Waals surface area contributed by atoms with Crippen LogP contribution in [0.5, 0.6) is 0 Å². The Labute approximate surface area is 101 Å². The van der Waals surface area contributed by atoms with Gasteiger partial charge in [0.15, 0.2) is 0 Å². The van der Waals surface area contributed by atoms with Crippen molar-refractivity contribution in [3.05, 3.63) is 59.4 Å². The first-order valence-electron chi connectivity index (χ1n) is 4.86. The molecule has 2 heteroatoms. The molecule has 0 N–H and O–H groups in total. The maximum Gasteiger partial charge on any atom is 0.0114 e. The van der Waals surface area contributed by atoms with Gasteiger partial charge in [-0.1, -0.05) is 72.0 Å². The molecule has 0 fully saturated rings. The average molecular weight is 238 g/mol. The predicted octanol–water partition coefficient (Wildman–Crippen LogP) is 5.49. The molecule has 0 unspecified atom stereocenters. The highest BCUT2D eigenvalue weighted by Gasteiger charge is 1.92. The summed E-state index contributed by atoms with van der Waals surface area (Å²) in [5.41, 5.74) is 0. The summed E-state index contributed by atoms with van der Waals surface area (Å²) < 4.78 is 0. The molecule has 0 aliphatic heterocycles. The Morgan fingerprint density at radius 3 is 2.60 bits per heavy atom. The van der Waals surface area contributed by atoms with Crippen LogP contribution in [0.25, 0.3) is 0 Å². The Kier molecular flexibility index (Phi) is 9.54. The molecule has 0 amide bonds. The third-order valence-electron chi connectivity index (χ3n) is 1.40. The third kappa shape index (κ3) is 9.70. The highest BCUT2D eigenvalue weighted by molar-refractivity contribution is 8.79. The second-order valence-electron chi connectivity index (χ2n) is 2.84. The summed E-state index contributed by atoms with van der Waals surface area (Å²) in [7, 11) is 3.39. The summed E-state index contributed by atoms with van der Waals surface area (Å²) in [6.45, 7) is 11.8. The minimum atomic E-state index is 1.03. The third-order valence-corrected chi connectivity index (χ3v) is 3.91. The molecule has 0 heterocycles. The molecule has 0 saturated carbocycles. The Morgan fingerprint density at radius 1 is 1.27 bits per heavy atom. The van der Waals surface area contributed by atoms with Gasteiger partial charge in [0.2, 0.25) is 0 Å². The fourth-order valence-electron chi connectivity index (χ4n) is 0.690. The van der Waals surface area contributed by atoms with Crippen LogP contribution in [0, 0.1) is 0 Å². The Balaban J connectivity index is 3.89. The van der Waals surface area contributed by atoms with Gasteiger partial charge < -0.3 is 0 Å². The first-order valence-corrected chi connectivity index (χ1v) is 7.01. The first kappa shape index (κ1) is 14.4. The average Bonchev–Trinajstić information content (AvgIpc) is 2.24. The SMILES string of the molecule is C=C/C=C\C(=C)SS/C(C)=C/C=C\CC. The van der Waals surface area contributed by atoms with E-state index >= 15 is 0 Å². The van der Waals surface area contributed by atoms with E-state index in [4.69, 9.17) is 0 Å². The molecule has 0 bridgehead atoms. The fraction of sp³-hybridized carbons (Fsp3) is 0.231. The van der Waals surface area contributed by atoms with Crippen LogP contribution in [0.4, 0.5) is 0 Å². The van der Waals surface area contributed by atoms with Crippen LogP contribution < -0.4 is 0 Å². The second kappa shape index (κ2) is 9.94. The summed E-state index contributed by atoms with van der Waals surface area (Å²) in [5.74, 6) is 0. The molecule has 0 nitrogen and oxygen atoms in total. The summed E-state index contributed by atoms with van der Waals surface area (Å²) in [4.78, 5) is 2.31. The quantitative estimate of drug-likeness (QED) is 0.424. The second-order valence-corrected chi connectivity index (χ2v) is 5.34. The van der Waals surface area contributed by atoms with Gasteiger partial charge in [0.25, 0.3) is 0 Å². The van der Waals surface area contributed by atoms with Crippen LogP contribution in [0.3, 0.4) is 0 Å². The van der Waals surface area contributed by atoms with Crippen molar-refractivity contribution in [1.82, 2.24) is 0 Å². The zero-order valence-corrected chi connectivity index (χ0v) is 11.0. The van der Waals surface area contributed by atoms with Gasteiger partial charge in [-0.2, -0.15) is 0 Å². The van der Waals surface area contributed by atoms with Crippen molar-refractivity contribution in [2.75, 3.05) is 0 Å². The lowest BCUT2D eigenvalue weighted by molar-refractivity contribution is 1.22. The Morgan fingerprint density at radius 2 is 2.00 bits per heavy atom. The highest BCUT2D eigenvalue weighted by atomic mass is 33.1. The number of rotatable bonds is 7. The predicted molar refractivity (Wildman–Crippen MR) is 76.8 cm³/mol.